The summed E-state index contributed by atoms with van der Waals surface area (Å²) in [6, 6.07) is 10.9. The predicted molar refractivity (Wildman–Crippen MR) is 115 cm³/mol. The van der Waals surface area contributed by atoms with Crippen molar-refractivity contribution in [3.8, 4) is 5.75 Å². The number of halogens is 2. The Balaban J connectivity index is 1.97. The van der Waals surface area contributed by atoms with Crippen LogP contribution in [0.1, 0.15) is 49.5 Å². The highest BCUT2D eigenvalue weighted by atomic mass is 35.5. The molecule has 0 saturated carbocycles. The summed E-state index contributed by atoms with van der Waals surface area (Å²) in [5.41, 5.74) is 0.558. The number of ether oxygens (including phenoxy) is 2. The number of carboxylic acid groups (broad SMARTS) is 1. The molecule has 3 N–H and O–H groups in total. The summed E-state index contributed by atoms with van der Waals surface area (Å²) in [6.45, 7) is 1.02. The first-order valence-electron chi connectivity index (χ1n) is 10.2. The fraction of sp³-hybridized carbons (Fsp3) is 0.391. The first-order chi connectivity index (χ1) is 15.2. The highest BCUT2D eigenvalue weighted by Crippen LogP contribution is 2.47. The molecule has 2 aromatic rings. The number of amides is 1. The summed E-state index contributed by atoms with van der Waals surface area (Å²) in [6.07, 6.45) is -0.350. The van der Waals surface area contributed by atoms with Gasteiger partial charge in [0.05, 0.1) is 23.8 Å². The third kappa shape index (κ3) is 5.97. The second kappa shape index (κ2) is 10.3. The minimum absolute atomic E-state index is 0.0353. The molecule has 1 saturated heterocycles. The van der Waals surface area contributed by atoms with E-state index < -0.39 is 30.3 Å². The number of aliphatic carboxylic acids is 1. The lowest BCUT2D eigenvalue weighted by Gasteiger charge is -2.43. The molecule has 0 radical (unpaired) electrons. The highest BCUT2D eigenvalue weighted by molar-refractivity contribution is 6.32. The zero-order chi connectivity index (χ0) is 23.3. The first kappa shape index (κ1) is 24.0. The van der Waals surface area contributed by atoms with Gasteiger partial charge >= 0.3 is 5.97 Å². The number of carbonyl (C=O) groups excluding carboxylic acids is 1. The number of hydrogen-bond acceptors (Lipinski definition) is 5. The Morgan fingerprint density at radius 2 is 1.91 bits per heavy atom. The molecule has 172 valence electrons. The van der Waals surface area contributed by atoms with Crippen molar-refractivity contribution in [1.82, 2.24) is 5.32 Å². The van der Waals surface area contributed by atoms with E-state index in [-0.39, 0.29) is 35.5 Å². The van der Waals surface area contributed by atoms with Gasteiger partial charge < -0.3 is 25.0 Å². The van der Waals surface area contributed by atoms with Crippen molar-refractivity contribution < 1.29 is 33.7 Å². The number of aliphatic hydroxyl groups excluding tert-OH is 1. The average Bonchev–Trinajstić information content (AvgIpc) is 2.72. The Morgan fingerprint density at radius 1 is 1.22 bits per heavy atom. The van der Waals surface area contributed by atoms with Gasteiger partial charge in [-0.15, -0.1) is 0 Å². The zero-order valence-electron chi connectivity index (χ0n) is 17.5. The lowest BCUT2D eigenvalue weighted by atomic mass is 9.81. The Bertz CT molecular complexity index is 969. The van der Waals surface area contributed by atoms with E-state index in [0.29, 0.717) is 18.4 Å². The van der Waals surface area contributed by atoms with E-state index in [1.165, 1.54) is 12.1 Å². The van der Waals surface area contributed by atoms with Crippen LogP contribution in [-0.2, 0) is 14.3 Å². The lowest BCUT2D eigenvalue weighted by molar-refractivity contribution is -0.139. The maximum Gasteiger partial charge on any atom is 0.341 e. The Kier molecular flexibility index (Phi) is 7.71. The van der Waals surface area contributed by atoms with Crippen LogP contribution in [0.15, 0.2) is 42.5 Å². The largest absolute Gasteiger partial charge is 0.480 e. The molecule has 3 atom stereocenters. The maximum atomic E-state index is 13.5. The van der Waals surface area contributed by atoms with Gasteiger partial charge in [-0.3, -0.25) is 4.79 Å². The molecule has 0 unspecified atom stereocenters. The standard InChI is InChI=1S/C23H25ClFNO6/c1-23(26-20(28)9-10-27)11-18(14-5-7-15(25)8-6-14)32-19(12-23)16-3-2-4-17(24)22(16)31-13-21(29)30/h2-8,18-19,27H,9-13H2,1H3,(H,26,28)(H,29,30)/t18-,19+,23-/m0/s1. The molecule has 0 bridgehead atoms. The molecule has 1 fully saturated rings. The van der Waals surface area contributed by atoms with Crippen molar-refractivity contribution in [2.45, 2.75) is 43.9 Å². The fourth-order valence-electron chi connectivity index (χ4n) is 3.92. The number of para-hydroxylation sites is 1. The van der Waals surface area contributed by atoms with Crippen LogP contribution in [0.5, 0.6) is 5.75 Å². The molecule has 3 rings (SSSR count). The van der Waals surface area contributed by atoms with Crippen molar-refractivity contribution in [1.29, 1.82) is 0 Å². The van der Waals surface area contributed by atoms with Gasteiger partial charge in [-0.1, -0.05) is 35.9 Å². The van der Waals surface area contributed by atoms with E-state index in [4.69, 9.17) is 31.3 Å². The van der Waals surface area contributed by atoms with Gasteiger partial charge in [-0.05, 0) is 30.7 Å². The summed E-state index contributed by atoms with van der Waals surface area (Å²) in [5.74, 6) is -1.63. The topological polar surface area (TPSA) is 105 Å². The quantitative estimate of drug-likeness (QED) is 0.547. The normalized spacial score (nSPS) is 22.9. The summed E-state index contributed by atoms with van der Waals surface area (Å²) in [7, 11) is 0. The van der Waals surface area contributed by atoms with Gasteiger partial charge in [0.1, 0.15) is 11.6 Å². The molecule has 0 aliphatic carbocycles. The summed E-state index contributed by atoms with van der Waals surface area (Å²) >= 11 is 6.29. The first-order valence-corrected chi connectivity index (χ1v) is 10.5. The summed E-state index contributed by atoms with van der Waals surface area (Å²) < 4.78 is 25.2. The number of carbonyl (C=O) groups is 2. The molecule has 0 spiro atoms. The van der Waals surface area contributed by atoms with Crippen LogP contribution < -0.4 is 10.1 Å². The van der Waals surface area contributed by atoms with Gasteiger partial charge in [0.25, 0.3) is 0 Å². The van der Waals surface area contributed by atoms with Crippen LogP contribution in [0.3, 0.4) is 0 Å². The van der Waals surface area contributed by atoms with E-state index in [1.807, 2.05) is 6.92 Å². The SMILES string of the molecule is C[C@]1(NC(=O)CCO)C[C@@H](c2ccc(F)cc2)O[C@@H](c2cccc(Cl)c2OCC(=O)O)C1. The van der Waals surface area contributed by atoms with Crippen molar-refractivity contribution in [2.75, 3.05) is 13.2 Å². The monoisotopic (exact) mass is 465 g/mol. The number of rotatable bonds is 8. The third-order valence-electron chi connectivity index (χ3n) is 5.31. The molecule has 1 heterocycles. The predicted octanol–water partition coefficient (Wildman–Crippen LogP) is 3.79. The van der Waals surface area contributed by atoms with Crippen LogP contribution in [0.4, 0.5) is 4.39 Å². The molecule has 7 nitrogen and oxygen atoms in total. The average molecular weight is 466 g/mol. The number of nitrogens with one attached hydrogen (secondary N) is 1. The van der Waals surface area contributed by atoms with Gasteiger partial charge in [-0.2, -0.15) is 0 Å². The van der Waals surface area contributed by atoms with Gasteiger partial charge in [0, 0.05) is 30.4 Å². The Hall–Kier alpha value is -2.68. The van der Waals surface area contributed by atoms with Gasteiger partial charge in [-0.25, -0.2) is 9.18 Å². The molecule has 1 aliphatic rings. The van der Waals surface area contributed by atoms with Crippen LogP contribution in [0.25, 0.3) is 0 Å². The van der Waals surface area contributed by atoms with Crippen LogP contribution >= 0.6 is 11.6 Å². The summed E-state index contributed by atoms with van der Waals surface area (Å²) in [4.78, 5) is 23.3. The van der Waals surface area contributed by atoms with E-state index in [0.717, 1.165) is 5.56 Å². The van der Waals surface area contributed by atoms with Crippen LogP contribution in [-0.4, -0.2) is 40.8 Å². The molecule has 1 amide bonds. The van der Waals surface area contributed by atoms with Crippen LogP contribution in [0.2, 0.25) is 5.02 Å². The lowest BCUT2D eigenvalue weighted by Crippen LogP contribution is -2.51. The molecule has 9 heteroatoms. The minimum atomic E-state index is -1.15. The smallest absolute Gasteiger partial charge is 0.341 e. The number of aliphatic hydroxyl groups is 1. The van der Waals surface area contributed by atoms with E-state index >= 15 is 0 Å². The van der Waals surface area contributed by atoms with Gasteiger partial charge in [0.15, 0.2) is 6.61 Å². The zero-order valence-corrected chi connectivity index (χ0v) is 18.3. The summed E-state index contributed by atoms with van der Waals surface area (Å²) in [5, 5.41) is 21.3. The molecule has 2 aromatic carbocycles. The van der Waals surface area contributed by atoms with Crippen molar-refractivity contribution in [2.24, 2.45) is 0 Å². The minimum Gasteiger partial charge on any atom is -0.480 e. The van der Waals surface area contributed by atoms with Crippen molar-refractivity contribution in [3.05, 3.63) is 64.4 Å². The molecular weight excluding hydrogens is 441 g/mol. The Labute approximate surface area is 190 Å². The van der Waals surface area contributed by atoms with E-state index in [2.05, 4.69) is 5.32 Å². The molecule has 1 aliphatic heterocycles. The molecule has 32 heavy (non-hydrogen) atoms. The van der Waals surface area contributed by atoms with Crippen molar-refractivity contribution >= 4 is 23.5 Å². The van der Waals surface area contributed by atoms with Crippen LogP contribution in [0, 0.1) is 5.82 Å². The fourth-order valence-corrected chi connectivity index (χ4v) is 4.16. The van der Waals surface area contributed by atoms with E-state index in [1.54, 1.807) is 30.3 Å². The second-order valence-corrected chi connectivity index (χ2v) is 8.40. The molecular formula is C23H25ClFNO6. The third-order valence-corrected chi connectivity index (χ3v) is 5.60. The van der Waals surface area contributed by atoms with Crippen molar-refractivity contribution in [3.63, 3.8) is 0 Å². The van der Waals surface area contributed by atoms with E-state index in [9.17, 15) is 14.0 Å². The molecule has 0 aromatic heterocycles. The maximum absolute atomic E-state index is 13.5. The highest BCUT2D eigenvalue weighted by Gasteiger charge is 2.41. The van der Waals surface area contributed by atoms with Gasteiger partial charge in [0.2, 0.25) is 5.91 Å². The number of hydrogen-bond donors (Lipinski definition) is 3. The number of carboxylic acids is 1. The number of benzene rings is 2. The second-order valence-electron chi connectivity index (χ2n) is 8.00. The Morgan fingerprint density at radius 3 is 2.56 bits per heavy atom.